The Morgan fingerprint density at radius 2 is 2.11 bits per heavy atom. The Bertz CT molecular complexity index is 516. The van der Waals surface area contributed by atoms with Crippen molar-refractivity contribution in [3.05, 3.63) is 41.9 Å². The highest BCUT2D eigenvalue weighted by Crippen LogP contribution is 2.39. The second-order valence-corrected chi connectivity index (χ2v) is 4.92. The van der Waals surface area contributed by atoms with E-state index in [1.54, 1.807) is 30.3 Å². The maximum absolute atomic E-state index is 11.9. The van der Waals surface area contributed by atoms with Gasteiger partial charge in [0, 0.05) is 17.3 Å². The van der Waals surface area contributed by atoms with Gasteiger partial charge in [0.2, 0.25) is 11.8 Å². The van der Waals surface area contributed by atoms with Crippen LogP contribution in [0.25, 0.3) is 0 Å². The van der Waals surface area contributed by atoms with Crippen LogP contribution in [0.5, 0.6) is 0 Å². The Morgan fingerprint density at radius 3 is 2.79 bits per heavy atom. The zero-order valence-electron chi connectivity index (χ0n) is 10.4. The number of benzene rings is 1. The van der Waals surface area contributed by atoms with Gasteiger partial charge >= 0.3 is 0 Å². The second-order valence-electron chi connectivity index (χ2n) is 4.48. The molecule has 2 N–H and O–H groups in total. The van der Waals surface area contributed by atoms with Crippen molar-refractivity contribution in [3.63, 3.8) is 0 Å². The number of halogens is 1. The van der Waals surface area contributed by atoms with Crippen molar-refractivity contribution in [1.29, 1.82) is 0 Å². The smallest absolute Gasteiger partial charge is 0.228 e. The molecule has 2 amide bonds. The molecule has 0 heterocycles. The SMILES string of the molecule is C=CCNC(=O)C1CC1C(=O)Nc1cccc(Cl)c1. The summed E-state index contributed by atoms with van der Waals surface area (Å²) in [4.78, 5) is 23.5. The number of amides is 2. The zero-order chi connectivity index (χ0) is 13.8. The summed E-state index contributed by atoms with van der Waals surface area (Å²) in [6, 6.07) is 6.94. The number of carbonyl (C=O) groups excluding carboxylic acids is 2. The summed E-state index contributed by atoms with van der Waals surface area (Å²) in [5.74, 6) is -0.699. The molecule has 100 valence electrons. The van der Waals surface area contributed by atoms with Crippen LogP contribution in [0, 0.1) is 11.8 Å². The van der Waals surface area contributed by atoms with E-state index in [9.17, 15) is 9.59 Å². The molecule has 2 atom stereocenters. The quantitative estimate of drug-likeness (QED) is 0.812. The molecule has 1 aromatic rings. The minimum atomic E-state index is -0.246. The molecule has 1 aromatic carbocycles. The Kier molecular flexibility index (Phi) is 4.22. The molecule has 0 aromatic heterocycles. The number of anilines is 1. The maximum atomic E-state index is 11.9. The summed E-state index contributed by atoms with van der Waals surface area (Å²) >= 11 is 5.84. The van der Waals surface area contributed by atoms with Gasteiger partial charge in [0.05, 0.1) is 11.8 Å². The lowest BCUT2D eigenvalue weighted by molar-refractivity contribution is -0.125. The van der Waals surface area contributed by atoms with Crippen molar-refractivity contribution in [2.45, 2.75) is 6.42 Å². The fourth-order valence-corrected chi connectivity index (χ4v) is 2.07. The van der Waals surface area contributed by atoms with E-state index in [-0.39, 0.29) is 23.7 Å². The molecule has 1 fully saturated rings. The molecule has 2 rings (SSSR count). The fourth-order valence-electron chi connectivity index (χ4n) is 1.88. The molecule has 0 saturated heterocycles. The van der Waals surface area contributed by atoms with Gasteiger partial charge in [-0.1, -0.05) is 23.7 Å². The van der Waals surface area contributed by atoms with Crippen LogP contribution in [0.3, 0.4) is 0 Å². The van der Waals surface area contributed by atoms with Crippen molar-refractivity contribution in [2.24, 2.45) is 11.8 Å². The average Bonchev–Trinajstić information content (AvgIpc) is 3.16. The molecule has 4 nitrogen and oxygen atoms in total. The van der Waals surface area contributed by atoms with Gasteiger partial charge in [0.15, 0.2) is 0 Å². The Hall–Kier alpha value is -1.81. The molecule has 1 aliphatic rings. The van der Waals surface area contributed by atoms with E-state index in [1.165, 1.54) is 0 Å². The first-order chi connectivity index (χ1) is 9.11. The van der Waals surface area contributed by atoms with Crippen LogP contribution in [0.4, 0.5) is 5.69 Å². The van der Waals surface area contributed by atoms with Crippen molar-refractivity contribution >= 4 is 29.1 Å². The molecule has 0 spiro atoms. The predicted molar refractivity (Wildman–Crippen MR) is 74.9 cm³/mol. The van der Waals surface area contributed by atoms with E-state index in [1.807, 2.05) is 0 Å². The van der Waals surface area contributed by atoms with Gasteiger partial charge in [0.25, 0.3) is 0 Å². The lowest BCUT2D eigenvalue weighted by Gasteiger charge is -2.05. The number of hydrogen-bond acceptors (Lipinski definition) is 2. The summed E-state index contributed by atoms with van der Waals surface area (Å²) in [6.45, 7) is 3.95. The molecule has 0 radical (unpaired) electrons. The van der Waals surface area contributed by atoms with E-state index in [0.717, 1.165) is 0 Å². The average molecular weight is 279 g/mol. The standard InChI is InChI=1S/C14H15ClN2O2/c1-2-6-16-13(18)11-8-12(11)14(19)17-10-5-3-4-9(15)7-10/h2-5,7,11-12H,1,6,8H2,(H,16,18)(H,17,19). The van der Waals surface area contributed by atoms with Gasteiger partial charge in [-0.05, 0) is 24.6 Å². The van der Waals surface area contributed by atoms with E-state index in [2.05, 4.69) is 17.2 Å². The first kappa shape index (κ1) is 13.6. The summed E-state index contributed by atoms with van der Waals surface area (Å²) in [5, 5.41) is 6.02. The molecule has 0 bridgehead atoms. The van der Waals surface area contributed by atoms with Crippen molar-refractivity contribution in [2.75, 3.05) is 11.9 Å². The van der Waals surface area contributed by atoms with Crippen LogP contribution in [-0.2, 0) is 9.59 Å². The summed E-state index contributed by atoms with van der Waals surface area (Å²) in [6.07, 6.45) is 2.21. The summed E-state index contributed by atoms with van der Waals surface area (Å²) in [7, 11) is 0. The first-order valence-electron chi connectivity index (χ1n) is 6.07. The number of hydrogen-bond donors (Lipinski definition) is 2. The largest absolute Gasteiger partial charge is 0.352 e. The first-order valence-corrected chi connectivity index (χ1v) is 6.44. The Balaban J connectivity index is 1.86. The summed E-state index contributed by atoms with van der Waals surface area (Å²) < 4.78 is 0. The summed E-state index contributed by atoms with van der Waals surface area (Å²) in [5.41, 5.74) is 0.648. The highest BCUT2D eigenvalue weighted by atomic mass is 35.5. The van der Waals surface area contributed by atoms with Gasteiger partial charge < -0.3 is 10.6 Å². The van der Waals surface area contributed by atoms with Crippen LogP contribution < -0.4 is 10.6 Å². The molecular weight excluding hydrogens is 264 g/mol. The van der Waals surface area contributed by atoms with E-state index >= 15 is 0 Å². The molecule has 2 unspecified atom stereocenters. The highest BCUT2D eigenvalue weighted by molar-refractivity contribution is 6.30. The zero-order valence-corrected chi connectivity index (χ0v) is 11.1. The monoisotopic (exact) mass is 278 g/mol. The lowest BCUT2D eigenvalue weighted by Crippen LogP contribution is -2.27. The van der Waals surface area contributed by atoms with Gasteiger partial charge in [-0.15, -0.1) is 6.58 Å². The molecule has 19 heavy (non-hydrogen) atoms. The van der Waals surface area contributed by atoms with Gasteiger partial charge in [-0.25, -0.2) is 0 Å². The van der Waals surface area contributed by atoms with Gasteiger partial charge in [-0.2, -0.15) is 0 Å². The van der Waals surface area contributed by atoms with Crippen LogP contribution in [-0.4, -0.2) is 18.4 Å². The van der Waals surface area contributed by atoms with Crippen LogP contribution in [0.15, 0.2) is 36.9 Å². The lowest BCUT2D eigenvalue weighted by atomic mass is 10.2. The third kappa shape index (κ3) is 3.58. The number of carbonyl (C=O) groups is 2. The van der Waals surface area contributed by atoms with Crippen molar-refractivity contribution in [3.8, 4) is 0 Å². The van der Waals surface area contributed by atoms with Crippen LogP contribution >= 0.6 is 11.6 Å². The topological polar surface area (TPSA) is 58.2 Å². The maximum Gasteiger partial charge on any atom is 0.228 e. The molecule has 1 saturated carbocycles. The third-order valence-corrected chi connectivity index (χ3v) is 3.21. The van der Waals surface area contributed by atoms with Gasteiger partial charge in [0.1, 0.15) is 0 Å². The highest BCUT2D eigenvalue weighted by Gasteiger charge is 2.47. The van der Waals surface area contributed by atoms with E-state index in [0.29, 0.717) is 23.7 Å². The molecular formula is C14H15ClN2O2. The van der Waals surface area contributed by atoms with Crippen LogP contribution in [0.2, 0.25) is 5.02 Å². The minimum absolute atomic E-state index is 0.0915. The normalized spacial score (nSPS) is 20.5. The molecule has 0 aliphatic heterocycles. The predicted octanol–water partition coefficient (Wildman–Crippen LogP) is 2.22. The third-order valence-electron chi connectivity index (χ3n) is 2.98. The van der Waals surface area contributed by atoms with Crippen molar-refractivity contribution < 1.29 is 9.59 Å². The Morgan fingerprint density at radius 1 is 1.37 bits per heavy atom. The second kappa shape index (κ2) is 5.89. The minimum Gasteiger partial charge on any atom is -0.352 e. The van der Waals surface area contributed by atoms with Gasteiger partial charge in [-0.3, -0.25) is 9.59 Å². The Labute approximate surface area is 116 Å². The van der Waals surface area contributed by atoms with Crippen molar-refractivity contribution in [1.82, 2.24) is 5.32 Å². The number of rotatable bonds is 5. The fraction of sp³-hybridized carbons (Fsp3) is 0.286. The number of nitrogens with one attached hydrogen (secondary N) is 2. The van der Waals surface area contributed by atoms with E-state index < -0.39 is 0 Å². The molecule has 1 aliphatic carbocycles. The van der Waals surface area contributed by atoms with E-state index in [4.69, 9.17) is 11.6 Å². The van der Waals surface area contributed by atoms with Crippen LogP contribution in [0.1, 0.15) is 6.42 Å². The molecule has 5 heteroatoms.